The van der Waals surface area contributed by atoms with E-state index in [1.165, 1.54) is 18.4 Å². The second-order valence-electron chi connectivity index (χ2n) is 3.06. The van der Waals surface area contributed by atoms with Gasteiger partial charge in [-0.15, -0.1) is 11.3 Å². The molecule has 0 aliphatic rings. The van der Waals surface area contributed by atoms with Gasteiger partial charge in [0.05, 0.1) is 17.3 Å². The second kappa shape index (κ2) is 4.27. The SMILES string of the molecule is COC(=O)Oc1ccc2sc(Cl)nc2c1C. The topological polar surface area (TPSA) is 48.4 Å². The summed E-state index contributed by atoms with van der Waals surface area (Å²) in [7, 11) is 1.26. The Balaban J connectivity index is 2.47. The Morgan fingerprint density at radius 3 is 2.94 bits per heavy atom. The zero-order valence-corrected chi connectivity index (χ0v) is 10.2. The highest BCUT2D eigenvalue weighted by molar-refractivity contribution is 7.22. The van der Waals surface area contributed by atoms with Crippen LogP contribution >= 0.6 is 22.9 Å². The lowest BCUT2D eigenvalue weighted by Crippen LogP contribution is -2.08. The van der Waals surface area contributed by atoms with E-state index in [1.54, 1.807) is 6.07 Å². The fraction of sp³-hybridized carbons (Fsp3) is 0.200. The van der Waals surface area contributed by atoms with Crippen LogP contribution in [-0.2, 0) is 4.74 Å². The minimum Gasteiger partial charge on any atom is -0.437 e. The van der Waals surface area contributed by atoms with Crippen molar-refractivity contribution < 1.29 is 14.3 Å². The van der Waals surface area contributed by atoms with Crippen LogP contribution in [0.2, 0.25) is 4.47 Å². The third-order valence-corrected chi connectivity index (χ3v) is 3.22. The summed E-state index contributed by atoms with van der Waals surface area (Å²) >= 11 is 7.20. The number of methoxy groups -OCH3 is 1. The molecule has 0 saturated heterocycles. The van der Waals surface area contributed by atoms with Crippen molar-refractivity contribution in [1.82, 2.24) is 4.98 Å². The Kier molecular flexibility index (Phi) is 2.98. The number of carbonyl (C=O) groups is 1. The van der Waals surface area contributed by atoms with Crippen molar-refractivity contribution in [3.63, 3.8) is 0 Å². The van der Waals surface area contributed by atoms with E-state index in [9.17, 15) is 4.79 Å². The number of aryl methyl sites for hydroxylation is 1. The molecule has 0 bridgehead atoms. The number of benzene rings is 1. The van der Waals surface area contributed by atoms with Crippen molar-refractivity contribution in [2.45, 2.75) is 6.92 Å². The molecule has 0 atom stereocenters. The maximum atomic E-state index is 11.0. The van der Waals surface area contributed by atoms with Gasteiger partial charge in [-0.25, -0.2) is 9.78 Å². The smallest absolute Gasteiger partial charge is 0.437 e. The Morgan fingerprint density at radius 1 is 1.50 bits per heavy atom. The van der Waals surface area contributed by atoms with E-state index in [1.807, 2.05) is 13.0 Å². The highest BCUT2D eigenvalue weighted by atomic mass is 35.5. The molecule has 0 amide bonds. The lowest BCUT2D eigenvalue weighted by molar-refractivity contribution is 0.121. The Hall–Kier alpha value is -1.33. The number of hydrogen-bond donors (Lipinski definition) is 0. The van der Waals surface area contributed by atoms with Crippen molar-refractivity contribution in [3.05, 3.63) is 22.2 Å². The number of halogens is 1. The summed E-state index contributed by atoms with van der Waals surface area (Å²) in [6, 6.07) is 3.51. The predicted octanol–water partition coefficient (Wildman–Crippen LogP) is 3.40. The summed E-state index contributed by atoms with van der Waals surface area (Å²) in [5, 5.41) is 0. The molecule has 0 saturated carbocycles. The first kappa shape index (κ1) is 11.2. The first-order valence-corrected chi connectivity index (χ1v) is 5.62. The monoisotopic (exact) mass is 257 g/mol. The first-order chi connectivity index (χ1) is 7.61. The molecule has 1 heterocycles. The highest BCUT2D eigenvalue weighted by Crippen LogP contribution is 2.32. The largest absolute Gasteiger partial charge is 0.513 e. The second-order valence-corrected chi connectivity index (χ2v) is 4.67. The number of nitrogens with zero attached hydrogens (tertiary/aromatic N) is 1. The summed E-state index contributed by atoms with van der Waals surface area (Å²) in [5.41, 5.74) is 1.52. The molecular formula is C10H8ClNO3S. The molecule has 2 rings (SSSR count). The molecule has 1 aromatic carbocycles. The van der Waals surface area contributed by atoms with Gasteiger partial charge in [0, 0.05) is 5.56 Å². The van der Waals surface area contributed by atoms with E-state index in [-0.39, 0.29) is 0 Å². The number of thiazole rings is 1. The van der Waals surface area contributed by atoms with Gasteiger partial charge >= 0.3 is 6.16 Å². The number of ether oxygens (including phenoxy) is 2. The lowest BCUT2D eigenvalue weighted by atomic mass is 10.2. The molecule has 4 nitrogen and oxygen atoms in total. The number of aromatic nitrogens is 1. The van der Waals surface area contributed by atoms with Crippen molar-refractivity contribution in [2.24, 2.45) is 0 Å². The van der Waals surface area contributed by atoms with Gasteiger partial charge in [-0.3, -0.25) is 0 Å². The third-order valence-electron chi connectivity index (χ3n) is 2.10. The van der Waals surface area contributed by atoms with Gasteiger partial charge in [-0.1, -0.05) is 11.6 Å². The van der Waals surface area contributed by atoms with Crippen molar-refractivity contribution in [2.75, 3.05) is 7.11 Å². The van der Waals surface area contributed by atoms with Gasteiger partial charge < -0.3 is 9.47 Å². The minimum absolute atomic E-state index is 0.432. The van der Waals surface area contributed by atoms with E-state index in [2.05, 4.69) is 9.72 Å². The Bertz CT molecular complexity index is 552. The van der Waals surface area contributed by atoms with Gasteiger partial charge in [0.15, 0.2) is 4.47 Å². The quantitative estimate of drug-likeness (QED) is 0.580. The van der Waals surface area contributed by atoms with E-state index in [0.29, 0.717) is 10.2 Å². The molecule has 84 valence electrons. The number of rotatable bonds is 1. The summed E-state index contributed by atoms with van der Waals surface area (Å²) in [6.07, 6.45) is -0.747. The molecule has 0 unspecified atom stereocenters. The normalized spacial score (nSPS) is 10.4. The average molecular weight is 258 g/mol. The van der Waals surface area contributed by atoms with Crippen LogP contribution < -0.4 is 4.74 Å². The summed E-state index contributed by atoms with van der Waals surface area (Å²) < 4.78 is 10.8. The predicted molar refractivity (Wildman–Crippen MR) is 62.4 cm³/mol. The zero-order chi connectivity index (χ0) is 11.7. The van der Waals surface area contributed by atoms with Crippen LogP contribution in [0.15, 0.2) is 12.1 Å². The van der Waals surface area contributed by atoms with E-state index < -0.39 is 6.16 Å². The van der Waals surface area contributed by atoms with Crippen LogP contribution in [0.25, 0.3) is 10.2 Å². The Labute approximate surface area is 101 Å². The maximum absolute atomic E-state index is 11.0. The molecule has 0 aliphatic carbocycles. The number of carbonyl (C=O) groups excluding carboxylic acids is 1. The zero-order valence-electron chi connectivity index (χ0n) is 8.61. The molecule has 0 fully saturated rings. The molecule has 0 N–H and O–H groups in total. The van der Waals surface area contributed by atoms with Crippen LogP contribution in [0.4, 0.5) is 4.79 Å². The standard InChI is InChI=1S/C10H8ClNO3S/c1-5-6(15-10(13)14-2)3-4-7-8(5)12-9(11)16-7/h3-4H,1-2H3. The van der Waals surface area contributed by atoms with Gasteiger partial charge in [0.2, 0.25) is 0 Å². The van der Waals surface area contributed by atoms with E-state index >= 15 is 0 Å². The molecule has 2 aromatic rings. The summed E-state index contributed by atoms with van der Waals surface area (Å²) in [5.74, 6) is 0.432. The van der Waals surface area contributed by atoms with Gasteiger partial charge in [0.25, 0.3) is 0 Å². The van der Waals surface area contributed by atoms with Crippen molar-refractivity contribution >= 4 is 39.3 Å². The van der Waals surface area contributed by atoms with E-state index in [0.717, 1.165) is 15.8 Å². The van der Waals surface area contributed by atoms with E-state index in [4.69, 9.17) is 16.3 Å². The van der Waals surface area contributed by atoms with Gasteiger partial charge in [-0.2, -0.15) is 0 Å². The minimum atomic E-state index is -0.747. The Morgan fingerprint density at radius 2 is 2.25 bits per heavy atom. The average Bonchev–Trinajstić information content (AvgIpc) is 2.64. The van der Waals surface area contributed by atoms with Gasteiger partial charge in [0.1, 0.15) is 5.75 Å². The molecule has 16 heavy (non-hydrogen) atoms. The molecule has 0 aliphatic heterocycles. The molecule has 1 aromatic heterocycles. The van der Waals surface area contributed by atoms with Gasteiger partial charge in [-0.05, 0) is 19.1 Å². The fourth-order valence-electron chi connectivity index (χ4n) is 1.32. The fourth-order valence-corrected chi connectivity index (χ4v) is 2.41. The third kappa shape index (κ3) is 1.96. The van der Waals surface area contributed by atoms with Crippen molar-refractivity contribution in [3.8, 4) is 5.75 Å². The molecule has 0 spiro atoms. The maximum Gasteiger partial charge on any atom is 0.513 e. The molecular weight excluding hydrogens is 250 g/mol. The lowest BCUT2D eigenvalue weighted by Gasteiger charge is -2.05. The highest BCUT2D eigenvalue weighted by Gasteiger charge is 2.12. The van der Waals surface area contributed by atoms with Crippen molar-refractivity contribution in [1.29, 1.82) is 0 Å². The number of hydrogen-bond acceptors (Lipinski definition) is 5. The summed E-state index contributed by atoms with van der Waals surface area (Å²) in [6.45, 7) is 1.82. The first-order valence-electron chi connectivity index (χ1n) is 4.43. The molecule has 6 heteroatoms. The van der Waals surface area contributed by atoms with Crippen LogP contribution in [0.1, 0.15) is 5.56 Å². The molecule has 0 radical (unpaired) electrons. The van der Waals surface area contributed by atoms with Crippen LogP contribution in [0, 0.1) is 6.92 Å². The van der Waals surface area contributed by atoms with Crippen LogP contribution in [0.3, 0.4) is 0 Å². The van der Waals surface area contributed by atoms with Crippen LogP contribution in [-0.4, -0.2) is 18.2 Å². The number of fused-ring (bicyclic) bond motifs is 1. The van der Waals surface area contributed by atoms with Crippen LogP contribution in [0.5, 0.6) is 5.75 Å². The summed E-state index contributed by atoms with van der Waals surface area (Å²) in [4.78, 5) is 15.1.